The molecule has 0 spiro atoms. The number of aromatic nitrogens is 3. The quantitative estimate of drug-likeness (QED) is 0.737. The number of fused-ring (bicyclic) bond motifs is 1. The third-order valence-electron chi connectivity index (χ3n) is 2.69. The van der Waals surface area contributed by atoms with Crippen LogP contribution in [0.25, 0.3) is 11.1 Å². The fourth-order valence-electron chi connectivity index (χ4n) is 1.85. The fourth-order valence-corrected chi connectivity index (χ4v) is 1.85. The van der Waals surface area contributed by atoms with Gasteiger partial charge in [0.05, 0.1) is 0 Å². The third-order valence-corrected chi connectivity index (χ3v) is 2.69. The smallest absolute Gasteiger partial charge is 0.276 e. The highest BCUT2D eigenvalue weighted by molar-refractivity contribution is 6.03. The van der Waals surface area contributed by atoms with E-state index in [4.69, 9.17) is 4.42 Å². The van der Waals surface area contributed by atoms with Gasteiger partial charge in [-0.05, 0) is 25.1 Å². The maximum Gasteiger partial charge on any atom is 0.276 e. The van der Waals surface area contributed by atoms with Gasteiger partial charge in [0.15, 0.2) is 17.2 Å². The molecule has 6 nitrogen and oxygen atoms in total. The van der Waals surface area contributed by atoms with Gasteiger partial charge in [-0.1, -0.05) is 0 Å². The normalized spacial score (nSPS) is 10.8. The Kier molecular flexibility index (Phi) is 2.56. The predicted molar refractivity (Wildman–Crippen MR) is 70.0 cm³/mol. The van der Waals surface area contributed by atoms with Crippen LogP contribution in [-0.4, -0.2) is 21.1 Å². The summed E-state index contributed by atoms with van der Waals surface area (Å²) in [6.45, 7) is 3.62. The van der Waals surface area contributed by atoms with Gasteiger partial charge in [-0.2, -0.15) is 5.10 Å². The zero-order chi connectivity index (χ0) is 13.4. The molecule has 3 aromatic rings. The Hall–Kier alpha value is -2.63. The maximum absolute atomic E-state index is 11.9. The highest BCUT2D eigenvalue weighted by Gasteiger charge is 2.10. The number of nitrogens with zero attached hydrogens (tertiary/aromatic N) is 2. The van der Waals surface area contributed by atoms with E-state index < -0.39 is 0 Å². The lowest BCUT2D eigenvalue weighted by molar-refractivity contribution is 0.102. The number of hydrogen-bond acceptors (Lipinski definition) is 4. The van der Waals surface area contributed by atoms with E-state index in [-0.39, 0.29) is 5.91 Å². The number of benzene rings is 1. The molecule has 0 fully saturated rings. The van der Waals surface area contributed by atoms with Crippen molar-refractivity contribution >= 4 is 22.7 Å². The lowest BCUT2D eigenvalue weighted by Crippen LogP contribution is -2.12. The third kappa shape index (κ3) is 2.20. The summed E-state index contributed by atoms with van der Waals surface area (Å²) in [7, 11) is 0. The summed E-state index contributed by atoms with van der Waals surface area (Å²) in [6, 6.07) is 7.01. The van der Waals surface area contributed by atoms with Crippen LogP contribution in [0.2, 0.25) is 0 Å². The Bertz CT molecular complexity index is 757. The number of oxazole rings is 1. The number of amides is 1. The minimum atomic E-state index is -0.264. The van der Waals surface area contributed by atoms with E-state index in [9.17, 15) is 4.79 Å². The minimum Gasteiger partial charge on any atom is -0.441 e. The molecule has 0 atom stereocenters. The second-order valence-electron chi connectivity index (χ2n) is 4.31. The van der Waals surface area contributed by atoms with E-state index in [0.717, 1.165) is 11.2 Å². The number of aryl methyl sites for hydroxylation is 2. The van der Waals surface area contributed by atoms with E-state index in [1.165, 1.54) is 0 Å². The molecule has 2 N–H and O–H groups in total. The van der Waals surface area contributed by atoms with Crippen LogP contribution in [-0.2, 0) is 0 Å². The Morgan fingerprint density at radius 1 is 1.32 bits per heavy atom. The highest BCUT2D eigenvalue weighted by atomic mass is 16.3. The fraction of sp³-hybridized carbons (Fsp3) is 0.154. The van der Waals surface area contributed by atoms with Crippen LogP contribution in [0.4, 0.5) is 5.69 Å². The van der Waals surface area contributed by atoms with Crippen LogP contribution in [0.5, 0.6) is 0 Å². The molecule has 3 rings (SSSR count). The highest BCUT2D eigenvalue weighted by Crippen LogP contribution is 2.20. The number of anilines is 1. The average molecular weight is 256 g/mol. The van der Waals surface area contributed by atoms with Gasteiger partial charge in [0, 0.05) is 24.4 Å². The van der Waals surface area contributed by atoms with Crippen LogP contribution >= 0.6 is 0 Å². The van der Waals surface area contributed by atoms with E-state index in [1.807, 2.05) is 6.92 Å². The molecule has 19 heavy (non-hydrogen) atoms. The predicted octanol–water partition coefficient (Wildman–Crippen LogP) is 2.42. The topological polar surface area (TPSA) is 83.8 Å². The molecule has 0 unspecified atom stereocenters. The summed E-state index contributed by atoms with van der Waals surface area (Å²) in [6.07, 6.45) is 0. The molecule has 1 aromatic carbocycles. The molecule has 2 heterocycles. The number of nitrogens with one attached hydrogen (secondary N) is 2. The molecule has 0 saturated heterocycles. The molecule has 0 saturated carbocycles. The lowest BCUT2D eigenvalue weighted by Gasteiger charge is -2.01. The zero-order valence-corrected chi connectivity index (χ0v) is 10.5. The average Bonchev–Trinajstić information content (AvgIpc) is 2.93. The molecular weight excluding hydrogens is 244 g/mol. The second-order valence-corrected chi connectivity index (χ2v) is 4.31. The monoisotopic (exact) mass is 256 g/mol. The molecule has 0 radical (unpaired) electrons. The first-order chi connectivity index (χ1) is 9.11. The number of H-pyrrole nitrogens is 1. The molecule has 6 heteroatoms. The van der Waals surface area contributed by atoms with Crippen molar-refractivity contribution in [3.63, 3.8) is 0 Å². The second kappa shape index (κ2) is 4.24. The number of carbonyl (C=O) groups excluding carboxylic acids is 1. The van der Waals surface area contributed by atoms with Crippen molar-refractivity contribution in [1.29, 1.82) is 0 Å². The Balaban J connectivity index is 1.86. The molecule has 1 amide bonds. The van der Waals surface area contributed by atoms with Gasteiger partial charge in [-0.25, -0.2) is 4.98 Å². The van der Waals surface area contributed by atoms with Crippen LogP contribution in [0.15, 0.2) is 28.7 Å². The molecule has 2 aromatic heterocycles. The van der Waals surface area contributed by atoms with Gasteiger partial charge >= 0.3 is 0 Å². The van der Waals surface area contributed by atoms with E-state index in [1.54, 1.807) is 31.2 Å². The lowest BCUT2D eigenvalue weighted by atomic mass is 10.2. The largest absolute Gasteiger partial charge is 0.441 e. The van der Waals surface area contributed by atoms with Crippen molar-refractivity contribution in [1.82, 2.24) is 15.2 Å². The van der Waals surface area contributed by atoms with Gasteiger partial charge in [0.1, 0.15) is 5.52 Å². The molecule has 96 valence electrons. The molecule has 0 aliphatic heterocycles. The van der Waals surface area contributed by atoms with Gasteiger partial charge in [0.2, 0.25) is 0 Å². The number of aromatic amines is 1. The van der Waals surface area contributed by atoms with Crippen molar-refractivity contribution in [2.24, 2.45) is 0 Å². The summed E-state index contributed by atoms with van der Waals surface area (Å²) >= 11 is 0. The Labute approximate surface area is 108 Å². The van der Waals surface area contributed by atoms with Gasteiger partial charge in [0.25, 0.3) is 5.91 Å². The van der Waals surface area contributed by atoms with Crippen molar-refractivity contribution in [2.75, 3.05) is 5.32 Å². The summed E-state index contributed by atoms with van der Waals surface area (Å²) in [5.74, 6) is 0.335. The van der Waals surface area contributed by atoms with Gasteiger partial charge in [-0.3, -0.25) is 9.89 Å². The first-order valence-electron chi connectivity index (χ1n) is 5.82. The van der Waals surface area contributed by atoms with Crippen molar-refractivity contribution in [3.05, 3.63) is 41.5 Å². The number of hydrogen-bond donors (Lipinski definition) is 2. The molecule has 0 aliphatic rings. The van der Waals surface area contributed by atoms with Crippen LogP contribution in [0, 0.1) is 13.8 Å². The van der Waals surface area contributed by atoms with Crippen molar-refractivity contribution in [3.8, 4) is 0 Å². The van der Waals surface area contributed by atoms with Gasteiger partial charge in [-0.15, -0.1) is 0 Å². The Morgan fingerprint density at radius 2 is 2.16 bits per heavy atom. The van der Waals surface area contributed by atoms with Crippen LogP contribution < -0.4 is 5.32 Å². The SMILES string of the molecule is Cc1cc(C(=O)Nc2ccc3nc(C)oc3c2)n[nH]1. The summed E-state index contributed by atoms with van der Waals surface area (Å²) in [4.78, 5) is 16.1. The maximum atomic E-state index is 11.9. The summed E-state index contributed by atoms with van der Waals surface area (Å²) in [5, 5.41) is 9.40. The number of rotatable bonds is 2. The van der Waals surface area contributed by atoms with Crippen molar-refractivity contribution < 1.29 is 9.21 Å². The van der Waals surface area contributed by atoms with Crippen LogP contribution in [0.1, 0.15) is 22.1 Å². The zero-order valence-electron chi connectivity index (χ0n) is 10.5. The summed E-state index contributed by atoms with van der Waals surface area (Å²) in [5.41, 5.74) is 3.26. The minimum absolute atomic E-state index is 0.264. The van der Waals surface area contributed by atoms with Gasteiger partial charge < -0.3 is 9.73 Å². The van der Waals surface area contributed by atoms with E-state index in [2.05, 4.69) is 20.5 Å². The molecule has 0 bridgehead atoms. The van der Waals surface area contributed by atoms with E-state index >= 15 is 0 Å². The molecule has 0 aliphatic carbocycles. The standard InChI is InChI=1S/C13H12N4O2/c1-7-5-11(17-16-7)13(18)15-9-3-4-10-12(6-9)19-8(2)14-10/h3-6H,1-2H3,(H,15,18)(H,16,17). The molecular formula is C13H12N4O2. The first-order valence-corrected chi connectivity index (χ1v) is 5.82. The first kappa shape index (κ1) is 11.5. The van der Waals surface area contributed by atoms with E-state index in [0.29, 0.717) is 22.9 Å². The van der Waals surface area contributed by atoms with Crippen LogP contribution in [0.3, 0.4) is 0 Å². The number of carbonyl (C=O) groups is 1. The summed E-state index contributed by atoms with van der Waals surface area (Å²) < 4.78 is 5.42. The van der Waals surface area contributed by atoms with Crippen molar-refractivity contribution in [2.45, 2.75) is 13.8 Å². The Morgan fingerprint density at radius 3 is 2.89 bits per heavy atom.